The molecular weight excluding hydrogens is 274 g/mol. The van der Waals surface area contributed by atoms with Gasteiger partial charge in [0.15, 0.2) is 0 Å². The summed E-state index contributed by atoms with van der Waals surface area (Å²) in [7, 11) is 0. The molecular formula is C9H8BrN5O. The Labute approximate surface area is 99.4 Å². The van der Waals surface area contributed by atoms with E-state index in [0.29, 0.717) is 15.8 Å². The molecule has 0 aliphatic rings. The molecule has 0 aliphatic carbocycles. The molecule has 0 aromatic carbocycles. The van der Waals surface area contributed by atoms with E-state index in [4.69, 9.17) is 11.5 Å². The number of carbonyl (C=O) groups excluding carboxylic acids is 1. The smallest absolute Gasteiger partial charge is 0.269 e. The number of aromatic nitrogens is 3. The van der Waals surface area contributed by atoms with Gasteiger partial charge in [-0.25, -0.2) is 4.68 Å². The predicted molar refractivity (Wildman–Crippen MR) is 62.0 cm³/mol. The first-order chi connectivity index (χ1) is 7.59. The summed E-state index contributed by atoms with van der Waals surface area (Å²) in [4.78, 5) is 14.8. The van der Waals surface area contributed by atoms with Gasteiger partial charge in [-0.15, -0.1) is 0 Å². The fraction of sp³-hybridized carbons (Fsp3) is 0. The van der Waals surface area contributed by atoms with Gasteiger partial charge in [0.05, 0.1) is 16.4 Å². The van der Waals surface area contributed by atoms with Crippen molar-refractivity contribution < 1.29 is 4.79 Å². The number of anilines is 1. The normalized spacial score (nSPS) is 10.3. The monoisotopic (exact) mass is 281 g/mol. The molecule has 0 unspecified atom stereocenters. The maximum atomic E-state index is 10.9. The zero-order valence-electron chi connectivity index (χ0n) is 8.09. The summed E-state index contributed by atoms with van der Waals surface area (Å²) >= 11 is 3.31. The lowest BCUT2D eigenvalue weighted by Crippen LogP contribution is -2.12. The van der Waals surface area contributed by atoms with Crippen LogP contribution in [0.1, 0.15) is 10.5 Å². The van der Waals surface area contributed by atoms with Crippen molar-refractivity contribution in [1.82, 2.24) is 14.8 Å². The Morgan fingerprint density at radius 3 is 2.75 bits per heavy atom. The van der Waals surface area contributed by atoms with Gasteiger partial charge in [0.1, 0.15) is 11.4 Å². The molecule has 0 spiro atoms. The maximum Gasteiger partial charge on any atom is 0.269 e. The summed E-state index contributed by atoms with van der Waals surface area (Å²) in [5.74, 6) is -0.581. The first-order valence-corrected chi connectivity index (χ1v) is 5.13. The molecule has 0 fully saturated rings. The second-order valence-corrected chi connectivity index (χ2v) is 3.92. The standard InChI is InChI=1S/C9H8BrN5O/c10-5-3-13-4-6(11)8(5)15-2-1-7(14-15)9(12)16/h1-4H,11H2,(H2,12,16). The molecule has 6 nitrogen and oxygen atoms in total. The first-order valence-electron chi connectivity index (χ1n) is 4.34. The van der Waals surface area contributed by atoms with E-state index in [0.717, 1.165) is 0 Å². The van der Waals surface area contributed by atoms with Gasteiger partial charge in [0.2, 0.25) is 0 Å². The van der Waals surface area contributed by atoms with Crippen molar-refractivity contribution in [3.05, 3.63) is 34.8 Å². The van der Waals surface area contributed by atoms with Crippen LogP contribution in [0.2, 0.25) is 0 Å². The van der Waals surface area contributed by atoms with E-state index in [2.05, 4.69) is 26.0 Å². The molecule has 0 radical (unpaired) electrons. The predicted octanol–water partition coefficient (Wildman–Crippen LogP) is 0.711. The van der Waals surface area contributed by atoms with Gasteiger partial charge in [-0.3, -0.25) is 9.78 Å². The molecule has 2 aromatic heterocycles. The minimum absolute atomic E-state index is 0.183. The fourth-order valence-electron chi connectivity index (χ4n) is 1.26. The number of carbonyl (C=O) groups is 1. The van der Waals surface area contributed by atoms with Gasteiger partial charge in [-0.2, -0.15) is 5.10 Å². The summed E-state index contributed by atoms with van der Waals surface area (Å²) < 4.78 is 2.16. The van der Waals surface area contributed by atoms with Gasteiger partial charge >= 0.3 is 0 Å². The lowest BCUT2D eigenvalue weighted by Gasteiger charge is -2.06. The summed E-state index contributed by atoms with van der Waals surface area (Å²) in [5, 5.41) is 4.01. The number of primary amides is 1. The molecule has 2 heterocycles. The molecule has 1 amide bonds. The number of pyridine rings is 1. The zero-order valence-corrected chi connectivity index (χ0v) is 9.68. The third kappa shape index (κ3) is 1.76. The Bertz CT molecular complexity index is 530. The number of rotatable bonds is 2. The van der Waals surface area contributed by atoms with Crippen LogP contribution in [0.15, 0.2) is 29.1 Å². The maximum absolute atomic E-state index is 10.9. The fourth-order valence-corrected chi connectivity index (χ4v) is 1.79. The number of nitrogens with zero attached hydrogens (tertiary/aromatic N) is 3. The lowest BCUT2D eigenvalue weighted by molar-refractivity contribution is 0.0995. The highest BCUT2D eigenvalue weighted by Crippen LogP contribution is 2.24. The summed E-state index contributed by atoms with van der Waals surface area (Å²) in [6.45, 7) is 0. The molecule has 0 bridgehead atoms. The highest BCUT2D eigenvalue weighted by atomic mass is 79.9. The largest absolute Gasteiger partial charge is 0.396 e. The van der Waals surface area contributed by atoms with Crippen LogP contribution >= 0.6 is 15.9 Å². The van der Waals surface area contributed by atoms with Crippen molar-refractivity contribution in [2.45, 2.75) is 0 Å². The van der Waals surface area contributed by atoms with Gasteiger partial charge in [-0.1, -0.05) is 0 Å². The number of nitrogen functional groups attached to an aromatic ring is 1. The van der Waals surface area contributed by atoms with Crippen molar-refractivity contribution in [2.24, 2.45) is 5.73 Å². The first kappa shape index (κ1) is 10.6. The van der Waals surface area contributed by atoms with Crippen LogP contribution in [0, 0.1) is 0 Å². The van der Waals surface area contributed by atoms with E-state index in [1.54, 1.807) is 12.4 Å². The molecule has 0 aliphatic heterocycles. The zero-order chi connectivity index (χ0) is 11.7. The van der Waals surface area contributed by atoms with E-state index in [1.165, 1.54) is 16.9 Å². The molecule has 0 atom stereocenters. The molecule has 0 saturated carbocycles. The van der Waals surface area contributed by atoms with Gasteiger partial charge < -0.3 is 11.5 Å². The van der Waals surface area contributed by atoms with E-state index in [9.17, 15) is 4.79 Å². The van der Waals surface area contributed by atoms with E-state index < -0.39 is 5.91 Å². The van der Waals surface area contributed by atoms with E-state index in [-0.39, 0.29) is 5.69 Å². The van der Waals surface area contributed by atoms with E-state index >= 15 is 0 Å². The summed E-state index contributed by atoms with van der Waals surface area (Å²) in [5.41, 5.74) is 12.1. The Morgan fingerprint density at radius 2 is 2.19 bits per heavy atom. The molecule has 7 heteroatoms. The van der Waals surface area contributed by atoms with Gasteiger partial charge in [0.25, 0.3) is 5.91 Å². The molecule has 2 aromatic rings. The number of hydrogen-bond donors (Lipinski definition) is 2. The Hall–Kier alpha value is -1.89. The number of hydrogen-bond acceptors (Lipinski definition) is 4. The lowest BCUT2D eigenvalue weighted by atomic mass is 10.3. The second-order valence-electron chi connectivity index (χ2n) is 3.07. The second kappa shape index (κ2) is 3.93. The van der Waals surface area contributed by atoms with Crippen LogP contribution in [0.4, 0.5) is 5.69 Å². The van der Waals surface area contributed by atoms with Crippen molar-refractivity contribution in [2.75, 3.05) is 5.73 Å². The molecule has 2 rings (SSSR count). The Morgan fingerprint density at radius 1 is 1.44 bits per heavy atom. The van der Waals surface area contributed by atoms with Crippen LogP contribution in [0.5, 0.6) is 0 Å². The third-order valence-corrected chi connectivity index (χ3v) is 2.55. The Balaban J connectivity index is 2.54. The van der Waals surface area contributed by atoms with Crippen LogP contribution in [-0.2, 0) is 0 Å². The van der Waals surface area contributed by atoms with Crippen molar-refractivity contribution in [1.29, 1.82) is 0 Å². The number of halogens is 1. The quantitative estimate of drug-likeness (QED) is 0.847. The van der Waals surface area contributed by atoms with Crippen LogP contribution < -0.4 is 11.5 Å². The highest BCUT2D eigenvalue weighted by molar-refractivity contribution is 9.10. The van der Waals surface area contributed by atoms with Crippen LogP contribution in [-0.4, -0.2) is 20.7 Å². The molecule has 4 N–H and O–H groups in total. The Kier molecular flexibility index (Phi) is 2.61. The summed E-state index contributed by atoms with van der Waals surface area (Å²) in [6, 6.07) is 1.52. The minimum atomic E-state index is -0.581. The summed E-state index contributed by atoms with van der Waals surface area (Å²) in [6.07, 6.45) is 4.71. The molecule has 0 saturated heterocycles. The number of amides is 1. The van der Waals surface area contributed by atoms with Crippen molar-refractivity contribution >= 4 is 27.5 Å². The minimum Gasteiger partial charge on any atom is -0.396 e. The average Bonchev–Trinajstić information content (AvgIpc) is 2.66. The van der Waals surface area contributed by atoms with E-state index in [1.807, 2.05) is 0 Å². The van der Waals surface area contributed by atoms with Crippen LogP contribution in [0.3, 0.4) is 0 Å². The van der Waals surface area contributed by atoms with Crippen molar-refractivity contribution in [3.63, 3.8) is 0 Å². The van der Waals surface area contributed by atoms with Gasteiger partial charge in [0, 0.05) is 12.4 Å². The third-order valence-electron chi connectivity index (χ3n) is 1.97. The average molecular weight is 282 g/mol. The molecule has 82 valence electrons. The number of nitrogens with two attached hydrogens (primary N) is 2. The topological polar surface area (TPSA) is 99.8 Å². The highest BCUT2D eigenvalue weighted by Gasteiger charge is 2.11. The van der Waals surface area contributed by atoms with Crippen LogP contribution in [0.25, 0.3) is 5.69 Å². The molecule has 16 heavy (non-hydrogen) atoms. The SMILES string of the molecule is NC(=O)c1ccn(-c2c(N)cncc2Br)n1. The van der Waals surface area contributed by atoms with Crippen molar-refractivity contribution in [3.8, 4) is 5.69 Å². The van der Waals surface area contributed by atoms with Gasteiger partial charge in [-0.05, 0) is 22.0 Å².